The zero-order chi connectivity index (χ0) is 8.11. The minimum absolute atomic E-state index is 0.0810. The van der Waals surface area contributed by atoms with Crippen LogP contribution >= 0.6 is 0 Å². The van der Waals surface area contributed by atoms with Crippen molar-refractivity contribution in [1.82, 2.24) is 0 Å². The van der Waals surface area contributed by atoms with Gasteiger partial charge in [-0.1, -0.05) is 6.08 Å². The van der Waals surface area contributed by atoms with Gasteiger partial charge < -0.3 is 4.74 Å². The van der Waals surface area contributed by atoms with Gasteiger partial charge in [-0.3, -0.25) is 0 Å². The molecule has 0 aromatic carbocycles. The summed E-state index contributed by atoms with van der Waals surface area (Å²) in [5.74, 6) is 0. The number of halogens is 3. The maximum atomic E-state index is 12.3. The van der Waals surface area contributed by atoms with Gasteiger partial charge in [-0.2, -0.15) is 13.2 Å². The van der Waals surface area contributed by atoms with Gasteiger partial charge in [0.05, 0.1) is 6.10 Å². The fourth-order valence-electron chi connectivity index (χ4n) is 1.57. The van der Waals surface area contributed by atoms with E-state index >= 15 is 0 Å². The molecule has 0 saturated carbocycles. The van der Waals surface area contributed by atoms with Gasteiger partial charge in [0.2, 0.25) is 0 Å². The van der Waals surface area contributed by atoms with E-state index in [1.165, 1.54) is 6.08 Å². The van der Waals surface area contributed by atoms with Crippen LogP contribution in [0.25, 0.3) is 0 Å². The molecule has 4 heteroatoms. The number of rotatable bonds is 0. The van der Waals surface area contributed by atoms with E-state index in [9.17, 15) is 13.2 Å². The Labute approximate surface area is 61.8 Å². The number of fused-ring (bicyclic) bond motifs is 2. The lowest BCUT2D eigenvalue weighted by molar-refractivity contribution is -0.242. The lowest BCUT2D eigenvalue weighted by Gasteiger charge is -2.25. The molecule has 0 aliphatic carbocycles. The van der Waals surface area contributed by atoms with Gasteiger partial charge in [0.15, 0.2) is 5.60 Å². The highest BCUT2D eigenvalue weighted by Crippen LogP contribution is 2.48. The maximum absolute atomic E-state index is 12.3. The fourth-order valence-corrected chi connectivity index (χ4v) is 1.57. The summed E-state index contributed by atoms with van der Waals surface area (Å²) in [6.45, 7) is 0. The van der Waals surface area contributed by atoms with E-state index in [0.717, 1.165) is 6.08 Å². The van der Waals surface area contributed by atoms with Crippen LogP contribution in [-0.2, 0) is 4.74 Å². The Hall–Kier alpha value is -0.510. The van der Waals surface area contributed by atoms with Crippen molar-refractivity contribution in [2.24, 2.45) is 0 Å². The van der Waals surface area contributed by atoms with Gasteiger partial charge in [0.1, 0.15) is 0 Å². The van der Waals surface area contributed by atoms with E-state index in [2.05, 4.69) is 0 Å². The Kier molecular flexibility index (Phi) is 1.17. The normalized spacial score (nSPS) is 41.9. The molecule has 2 heterocycles. The Morgan fingerprint density at radius 3 is 2.36 bits per heavy atom. The second-order valence-electron chi connectivity index (χ2n) is 2.94. The van der Waals surface area contributed by atoms with Crippen molar-refractivity contribution >= 4 is 0 Å². The first kappa shape index (κ1) is 7.16. The highest BCUT2D eigenvalue weighted by molar-refractivity contribution is 5.19. The largest absolute Gasteiger partial charge is 0.421 e. The molecule has 0 aromatic heterocycles. The summed E-state index contributed by atoms with van der Waals surface area (Å²) in [6.07, 6.45) is -1.32. The van der Waals surface area contributed by atoms with Crippen molar-refractivity contribution in [3.05, 3.63) is 12.2 Å². The second kappa shape index (κ2) is 1.80. The zero-order valence-electron chi connectivity index (χ0n) is 5.69. The van der Waals surface area contributed by atoms with Crippen molar-refractivity contribution in [1.29, 1.82) is 0 Å². The summed E-state index contributed by atoms with van der Waals surface area (Å²) in [5, 5.41) is 0. The Morgan fingerprint density at radius 1 is 1.45 bits per heavy atom. The predicted octanol–water partition coefficient (Wildman–Crippen LogP) is 2.04. The van der Waals surface area contributed by atoms with Gasteiger partial charge in [-0.05, 0) is 18.9 Å². The molecule has 0 aromatic rings. The molecular weight excluding hydrogens is 157 g/mol. The second-order valence-corrected chi connectivity index (χ2v) is 2.94. The molecule has 0 spiro atoms. The standard InChI is InChI=1S/C7H7F3O/c8-7(9,10)6-3-1-5(11-6)2-4-6/h1,3,5H,2,4H2/t5-,6+/m0/s1. The first-order valence-electron chi connectivity index (χ1n) is 3.47. The van der Waals surface area contributed by atoms with Crippen LogP contribution in [-0.4, -0.2) is 17.9 Å². The van der Waals surface area contributed by atoms with Crippen molar-refractivity contribution in [2.45, 2.75) is 30.7 Å². The first-order valence-corrected chi connectivity index (χ1v) is 3.47. The van der Waals surface area contributed by atoms with Crippen LogP contribution in [0.5, 0.6) is 0 Å². The molecule has 2 bridgehead atoms. The molecule has 2 aliphatic heterocycles. The topological polar surface area (TPSA) is 9.23 Å². The molecule has 62 valence electrons. The van der Waals surface area contributed by atoms with Crippen molar-refractivity contribution in [3.8, 4) is 0 Å². The van der Waals surface area contributed by atoms with Crippen LogP contribution in [0.4, 0.5) is 13.2 Å². The Balaban J connectivity index is 2.31. The number of hydrogen-bond acceptors (Lipinski definition) is 1. The predicted molar refractivity (Wildman–Crippen MR) is 32.0 cm³/mol. The molecule has 0 radical (unpaired) electrons. The molecule has 1 nitrogen and oxygen atoms in total. The summed E-state index contributed by atoms with van der Waals surface area (Å²) in [7, 11) is 0. The molecular formula is C7H7F3O. The number of alkyl halides is 3. The summed E-state index contributed by atoms with van der Waals surface area (Å²) in [5.41, 5.74) is -1.93. The molecule has 0 amide bonds. The van der Waals surface area contributed by atoms with Gasteiger partial charge in [0, 0.05) is 0 Å². The van der Waals surface area contributed by atoms with E-state index in [0.29, 0.717) is 6.42 Å². The lowest BCUT2D eigenvalue weighted by Crippen LogP contribution is -2.41. The van der Waals surface area contributed by atoms with Crippen molar-refractivity contribution < 1.29 is 17.9 Å². The number of hydrogen-bond donors (Lipinski definition) is 0. The highest BCUT2D eigenvalue weighted by Gasteiger charge is 2.60. The van der Waals surface area contributed by atoms with E-state index in [1.807, 2.05) is 0 Å². The molecule has 1 saturated heterocycles. The summed E-state index contributed by atoms with van der Waals surface area (Å²) >= 11 is 0. The van der Waals surface area contributed by atoms with Crippen molar-refractivity contribution in [2.75, 3.05) is 0 Å². The molecule has 1 fully saturated rings. The summed E-state index contributed by atoms with van der Waals surface area (Å²) in [6, 6.07) is 0. The van der Waals surface area contributed by atoms with Gasteiger partial charge in [0.25, 0.3) is 0 Å². The monoisotopic (exact) mass is 164 g/mol. The molecule has 2 atom stereocenters. The van der Waals surface area contributed by atoms with Crippen LogP contribution in [0.1, 0.15) is 12.8 Å². The van der Waals surface area contributed by atoms with Gasteiger partial charge in [-0.25, -0.2) is 0 Å². The summed E-state index contributed by atoms with van der Waals surface area (Å²) in [4.78, 5) is 0. The molecule has 11 heavy (non-hydrogen) atoms. The maximum Gasteiger partial charge on any atom is 0.421 e. The van der Waals surface area contributed by atoms with Crippen LogP contribution in [0.3, 0.4) is 0 Å². The third-order valence-electron chi connectivity index (χ3n) is 2.22. The first-order chi connectivity index (χ1) is 5.04. The quantitative estimate of drug-likeness (QED) is 0.498. The third-order valence-corrected chi connectivity index (χ3v) is 2.22. The van der Waals surface area contributed by atoms with Gasteiger partial charge >= 0.3 is 6.18 Å². The molecule has 0 unspecified atom stereocenters. The Bertz CT molecular complexity index is 208. The third kappa shape index (κ3) is 0.819. The van der Waals surface area contributed by atoms with Crippen LogP contribution in [0.2, 0.25) is 0 Å². The van der Waals surface area contributed by atoms with Crippen LogP contribution in [0, 0.1) is 0 Å². The minimum Gasteiger partial charge on any atom is -0.354 e. The average Bonchev–Trinajstić information content (AvgIpc) is 2.42. The van der Waals surface area contributed by atoms with E-state index in [4.69, 9.17) is 4.74 Å². The zero-order valence-corrected chi connectivity index (χ0v) is 5.69. The van der Waals surface area contributed by atoms with E-state index in [-0.39, 0.29) is 12.5 Å². The summed E-state index contributed by atoms with van der Waals surface area (Å²) < 4.78 is 41.6. The highest BCUT2D eigenvalue weighted by atomic mass is 19.4. The SMILES string of the molecule is FC(F)(F)[C@@]12C=C[C@@H](CC1)O2. The molecule has 2 rings (SSSR count). The average molecular weight is 164 g/mol. The van der Waals surface area contributed by atoms with Crippen LogP contribution in [0.15, 0.2) is 12.2 Å². The van der Waals surface area contributed by atoms with E-state index < -0.39 is 11.8 Å². The fraction of sp³-hybridized carbons (Fsp3) is 0.714. The van der Waals surface area contributed by atoms with Gasteiger partial charge in [-0.15, -0.1) is 0 Å². The minimum atomic E-state index is -4.24. The Morgan fingerprint density at radius 2 is 2.18 bits per heavy atom. The van der Waals surface area contributed by atoms with E-state index in [1.54, 1.807) is 0 Å². The van der Waals surface area contributed by atoms with Crippen molar-refractivity contribution in [3.63, 3.8) is 0 Å². The smallest absolute Gasteiger partial charge is 0.354 e. The number of ether oxygens (including phenoxy) is 1. The molecule has 2 aliphatic rings. The molecule has 0 N–H and O–H groups in total. The lowest BCUT2D eigenvalue weighted by atomic mass is 9.94. The van der Waals surface area contributed by atoms with Crippen LogP contribution < -0.4 is 0 Å².